The van der Waals surface area contributed by atoms with Crippen molar-refractivity contribution >= 4 is 22.9 Å². The molecule has 6 heteroatoms. The van der Waals surface area contributed by atoms with Gasteiger partial charge in [-0.3, -0.25) is 4.79 Å². The Morgan fingerprint density at radius 1 is 1.35 bits per heavy atom. The third-order valence-corrected chi connectivity index (χ3v) is 4.21. The lowest BCUT2D eigenvalue weighted by atomic mass is 10.2. The van der Waals surface area contributed by atoms with Gasteiger partial charge in [0.25, 0.3) is 0 Å². The fourth-order valence-corrected chi connectivity index (χ4v) is 2.81. The van der Waals surface area contributed by atoms with Gasteiger partial charge in [-0.25, -0.2) is 9.37 Å². The van der Waals surface area contributed by atoms with Gasteiger partial charge in [-0.05, 0) is 43.0 Å². The van der Waals surface area contributed by atoms with Gasteiger partial charge in [0, 0.05) is 0 Å². The van der Waals surface area contributed by atoms with Crippen LogP contribution in [-0.4, -0.2) is 10.9 Å². The summed E-state index contributed by atoms with van der Waals surface area (Å²) in [6.45, 7) is 3.55. The first kappa shape index (κ1) is 15.4. The van der Waals surface area contributed by atoms with Gasteiger partial charge in [-0.2, -0.15) is 0 Å². The molecule has 0 fully saturated rings. The summed E-state index contributed by atoms with van der Waals surface area (Å²) in [7, 11) is 0. The van der Waals surface area contributed by atoms with Crippen molar-refractivity contribution in [1.29, 1.82) is 0 Å². The number of hydrogen-bond donors (Lipinski definition) is 1. The van der Waals surface area contributed by atoms with Crippen molar-refractivity contribution < 1.29 is 13.6 Å². The van der Waals surface area contributed by atoms with Crippen LogP contribution < -0.4 is 5.32 Å². The summed E-state index contributed by atoms with van der Waals surface area (Å²) >= 11 is 1.52. The first-order valence-corrected chi connectivity index (χ1v) is 7.97. The van der Waals surface area contributed by atoms with Gasteiger partial charge in [-0.1, -0.05) is 12.1 Å². The number of halogens is 1. The van der Waals surface area contributed by atoms with Crippen molar-refractivity contribution in [2.75, 3.05) is 5.32 Å². The highest BCUT2D eigenvalue weighted by Crippen LogP contribution is 2.26. The third kappa shape index (κ3) is 3.48. The van der Waals surface area contributed by atoms with Crippen LogP contribution in [0.1, 0.15) is 17.0 Å². The number of aryl methyl sites for hydroxylation is 2. The molecule has 23 heavy (non-hydrogen) atoms. The molecule has 118 valence electrons. The van der Waals surface area contributed by atoms with Crippen molar-refractivity contribution in [1.82, 2.24) is 4.98 Å². The van der Waals surface area contributed by atoms with Crippen LogP contribution in [-0.2, 0) is 11.2 Å². The summed E-state index contributed by atoms with van der Waals surface area (Å²) in [5, 5.41) is 4.50. The number of aromatic nitrogens is 1. The van der Waals surface area contributed by atoms with E-state index in [9.17, 15) is 9.18 Å². The topological polar surface area (TPSA) is 55.1 Å². The van der Waals surface area contributed by atoms with Crippen LogP contribution in [0.25, 0.3) is 10.8 Å². The maximum Gasteiger partial charge on any atom is 0.236 e. The zero-order chi connectivity index (χ0) is 16.4. The smallest absolute Gasteiger partial charge is 0.236 e. The second-order valence-electron chi connectivity index (χ2n) is 5.21. The number of benzene rings is 1. The Labute approximate surface area is 137 Å². The number of rotatable bonds is 4. The predicted octanol–water partition coefficient (Wildman–Crippen LogP) is 4.34. The lowest BCUT2D eigenvalue weighted by molar-refractivity contribution is -0.115. The van der Waals surface area contributed by atoms with Gasteiger partial charge in [0.05, 0.1) is 22.7 Å². The minimum atomic E-state index is -0.450. The molecule has 0 aliphatic carbocycles. The molecule has 4 nitrogen and oxygen atoms in total. The van der Waals surface area contributed by atoms with Gasteiger partial charge >= 0.3 is 0 Å². The van der Waals surface area contributed by atoms with E-state index in [1.165, 1.54) is 17.4 Å². The largest absolute Gasteiger partial charge is 0.440 e. The van der Waals surface area contributed by atoms with Gasteiger partial charge in [0.2, 0.25) is 11.8 Å². The van der Waals surface area contributed by atoms with Crippen LogP contribution in [0.15, 0.2) is 40.1 Å². The fraction of sp³-hybridized carbons (Fsp3) is 0.176. The van der Waals surface area contributed by atoms with Crippen LogP contribution in [0.5, 0.6) is 0 Å². The van der Waals surface area contributed by atoms with Gasteiger partial charge in [0.1, 0.15) is 11.6 Å². The van der Waals surface area contributed by atoms with E-state index in [0.717, 1.165) is 10.4 Å². The number of carbonyl (C=O) groups excluding carboxylic acids is 1. The van der Waals surface area contributed by atoms with E-state index in [-0.39, 0.29) is 18.0 Å². The zero-order valence-electron chi connectivity index (χ0n) is 12.7. The Morgan fingerprint density at radius 2 is 2.17 bits per heavy atom. The molecule has 3 rings (SSSR count). The molecule has 1 N–H and O–H groups in total. The Bertz CT molecular complexity index is 840. The Balaban J connectivity index is 1.73. The number of nitrogens with one attached hydrogen (secondary N) is 1. The minimum Gasteiger partial charge on any atom is -0.440 e. The van der Waals surface area contributed by atoms with Crippen molar-refractivity contribution in [3.05, 3.63) is 58.5 Å². The molecule has 0 spiro atoms. The molecule has 3 aromatic rings. The standard InChI is InChI=1S/C17H15FN2O2S/c1-10-5-6-13(12(18)8-10)19-16(21)9-14-11(2)22-17(20-14)15-4-3-7-23-15/h3-8H,9H2,1-2H3,(H,19,21). The molecule has 0 saturated heterocycles. The molecule has 0 radical (unpaired) electrons. The number of anilines is 1. The summed E-state index contributed by atoms with van der Waals surface area (Å²) < 4.78 is 19.4. The minimum absolute atomic E-state index is 0.0357. The highest BCUT2D eigenvalue weighted by Gasteiger charge is 2.16. The Morgan fingerprint density at radius 3 is 2.87 bits per heavy atom. The van der Waals surface area contributed by atoms with E-state index in [0.29, 0.717) is 17.3 Å². The van der Waals surface area contributed by atoms with Crippen LogP contribution in [0.2, 0.25) is 0 Å². The molecule has 0 aliphatic heterocycles. The lowest BCUT2D eigenvalue weighted by Gasteiger charge is -2.06. The molecule has 0 saturated carbocycles. The zero-order valence-corrected chi connectivity index (χ0v) is 13.5. The van der Waals surface area contributed by atoms with Crippen molar-refractivity contribution in [3.8, 4) is 10.8 Å². The average Bonchev–Trinajstić information content (AvgIpc) is 3.13. The second-order valence-corrected chi connectivity index (χ2v) is 6.16. The summed E-state index contributed by atoms with van der Waals surface area (Å²) in [6, 6.07) is 8.49. The quantitative estimate of drug-likeness (QED) is 0.774. The number of carbonyl (C=O) groups is 1. The van der Waals surface area contributed by atoms with E-state index in [1.807, 2.05) is 17.5 Å². The first-order valence-electron chi connectivity index (χ1n) is 7.09. The molecule has 1 aromatic carbocycles. The van der Waals surface area contributed by atoms with Crippen molar-refractivity contribution in [3.63, 3.8) is 0 Å². The van der Waals surface area contributed by atoms with Crippen LogP contribution in [0, 0.1) is 19.7 Å². The molecule has 2 aromatic heterocycles. The molecule has 2 heterocycles. The molecular formula is C17H15FN2O2S. The van der Waals surface area contributed by atoms with Crippen molar-refractivity contribution in [2.24, 2.45) is 0 Å². The number of hydrogen-bond acceptors (Lipinski definition) is 4. The lowest BCUT2D eigenvalue weighted by Crippen LogP contribution is -2.16. The highest BCUT2D eigenvalue weighted by atomic mass is 32.1. The molecule has 1 amide bonds. The van der Waals surface area contributed by atoms with E-state index < -0.39 is 5.82 Å². The maximum atomic E-state index is 13.8. The normalized spacial score (nSPS) is 10.7. The van der Waals surface area contributed by atoms with Gasteiger partial charge < -0.3 is 9.73 Å². The predicted molar refractivity (Wildman–Crippen MR) is 88.0 cm³/mol. The third-order valence-electron chi connectivity index (χ3n) is 3.35. The fourth-order valence-electron chi connectivity index (χ4n) is 2.17. The molecular weight excluding hydrogens is 315 g/mol. The Kier molecular flexibility index (Phi) is 4.25. The van der Waals surface area contributed by atoms with Gasteiger partial charge in [0.15, 0.2) is 0 Å². The van der Waals surface area contributed by atoms with E-state index in [1.54, 1.807) is 26.0 Å². The monoisotopic (exact) mass is 330 g/mol. The molecule has 0 atom stereocenters. The first-order chi connectivity index (χ1) is 11.0. The number of nitrogens with zero attached hydrogens (tertiary/aromatic N) is 1. The maximum absolute atomic E-state index is 13.8. The summed E-state index contributed by atoms with van der Waals surface area (Å²) in [4.78, 5) is 17.4. The van der Waals surface area contributed by atoms with Crippen LogP contribution in [0.3, 0.4) is 0 Å². The van der Waals surface area contributed by atoms with E-state index in [4.69, 9.17) is 4.42 Å². The summed E-state index contributed by atoms with van der Waals surface area (Å²) in [5.41, 5.74) is 1.52. The summed E-state index contributed by atoms with van der Waals surface area (Å²) in [6.07, 6.45) is 0.0357. The SMILES string of the molecule is Cc1ccc(NC(=O)Cc2nc(-c3cccs3)oc2C)c(F)c1. The number of oxazole rings is 1. The number of amides is 1. The van der Waals surface area contributed by atoms with E-state index in [2.05, 4.69) is 10.3 Å². The van der Waals surface area contributed by atoms with E-state index >= 15 is 0 Å². The highest BCUT2D eigenvalue weighted by molar-refractivity contribution is 7.13. The Hall–Kier alpha value is -2.47. The average molecular weight is 330 g/mol. The molecule has 0 unspecified atom stereocenters. The molecule has 0 aliphatic rings. The second kappa shape index (κ2) is 6.34. The molecule has 0 bridgehead atoms. The van der Waals surface area contributed by atoms with Gasteiger partial charge in [-0.15, -0.1) is 11.3 Å². The van der Waals surface area contributed by atoms with Crippen molar-refractivity contribution in [2.45, 2.75) is 20.3 Å². The van der Waals surface area contributed by atoms with Crippen LogP contribution in [0.4, 0.5) is 10.1 Å². The van der Waals surface area contributed by atoms with Crippen LogP contribution >= 0.6 is 11.3 Å². The summed E-state index contributed by atoms with van der Waals surface area (Å²) in [5.74, 6) is 0.311. The number of thiophene rings is 1.